The second-order valence-electron chi connectivity index (χ2n) is 21.9. The van der Waals surface area contributed by atoms with Gasteiger partial charge in [0.05, 0.1) is 0 Å². The summed E-state index contributed by atoms with van der Waals surface area (Å²) in [5.74, 6) is 0. The Bertz CT molecular complexity index is 975. The topological polar surface area (TPSA) is 0 Å². The zero-order valence-corrected chi connectivity index (χ0v) is 45.8. The lowest BCUT2D eigenvalue weighted by atomic mass is 9.87. The minimum atomic E-state index is 0.942. The van der Waals surface area contributed by atoms with Gasteiger partial charge in [0, 0.05) is 0 Å². The Hall–Kier alpha value is -0.780. The lowest BCUT2D eigenvalue weighted by Crippen LogP contribution is -2.04. The molecule has 1 rings (SSSR count). The molecular formula is C65H123. The Morgan fingerprint density at radius 1 is 0.231 bits per heavy atom. The maximum atomic E-state index is 4.38. The lowest BCUT2D eigenvalue weighted by molar-refractivity contribution is 0.525. The van der Waals surface area contributed by atoms with E-state index in [-0.39, 0.29) is 0 Å². The SMILES string of the molecule is [CH2]Cc1cc(CCCCCCCCCCCCCCCCCCC)c(CCCCCCCCCCCCCCCCCCC)c(CCCCCCCCCCCCCCCCCCC)c1. The predicted octanol–water partition coefficient (Wildman–Crippen LogP) is 23.6. The molecule has 0 bridgehead atoms. The first kappa shape index (κ1) is 62.2. The molecule has 0 amide bonds. The molecule has 0 heterocycles. The van der Waals surface area contributed by atoms with E-state index in [1.54, 1.807) is 16.7 Å². The highest BCUT2D eigenvalue weighted by molar-refractivity contribution is 5.40. The van der Waals surface area contributed by atoms with E-state index >= 15 is 0 Å². The van der Waals surface area contributed by atoms with E-state index < -0.39 is 0 Å². The Morgan fingerprint density at radius 2 is 0.400 bits per heavy atom. The first-order valence-electron chi connectivity index (χ1n) is 31.2. The van der Waals surface area contributed by atoms with Gasteiger partial charge in [-0.05, 0) is 74.1 Å². The summed E-state index contributed by atoms with van der Waals surface area (Å²) in [5.41, 5.74) is 6.70. The van der Waals surface area contributed by atoms with Gasteiger partial charge in [-0.1, -0.05) is 341 Å². The van der Waals surface area contributed by atoms with E-state index in [9.17, 15) is 0 Å². The van der Waals surface area contributed by atoms with Crippen molar-refractivity contribution >= 4 is 0 Å². The summed E-state index contributed by atoms with van der Waals surface area (Å²) in [6.07, 6.45) is 78.9. The molecule has 0 fully saturated rings. The fourth-order valence-electron chi connectivity index (χ4n) is 10.9. The molecule has 0 saturated heterocycles. The third-order valence-corrected chi connectivity index (χ3v) is 15.4. The summed E-state index contributed by atoms with van der Waals surface area (Å²) in [6.45, 7) is 11.3. The van der Waals surface area contributed by atoms with Crippen molar-refractivity contribution in [2.24, 2.45) is 0 Å². The second kappa shape index (κ2) is 52.6. The van der Waals surface area contributed by atoms with E-state index in [1.807, 2.05) is 0 Å². The number of rotatable bonds is 55. The van der Waals surface area contributed by atoms with Crippen LogP contribution in [0.2, 0.25) is 0 Å². The summed E-state index contributed by atoms with van der Waals surface area (Å²) >= 11 is 0. The van der Waals surface area contributed by atoms with E-state index in [1.165, 1.54) is 352 Å². The van der Waals surface area contributed by atoms with Gasteiger partial charge in [-0.15, -0.1) is 0 Å². The molecule has 0 aliphatic heterocycles. The van der Waals surface area contributed by atoms with Crippen molar-refractivity contribution < 1.29 is 0 Å². The largest absolute Gasteiger partial charge is 0.0654 e. The molecule has 0 heteroatoms. The molecule has 0 aliphatic rings. The average molecular weight is 905 g/mol. The number of unbranched alkanes of at least 4 members (excludes halogenated alkanes) is 48. The van der Waals surface area contributed by atoms with Crippen molar-refractivity contribution in [3.63, 3.8) is 0 Å². The zero-order valence-electron chi connectivity index (χ0n) is 45.8. The molecule has 65 heavy (non-hydrogen) atoms. The quantitative estimate of drug-likeness (QED) is 0.0572. The van der Waals surface area contributed by atoms with Crippen molar-refractivity contribution in [1.82, 2.24) is 0 Å². The van der Waals surface area contributed by atoms with Crippen molar-refractivity contribution in [3.05, 3.63) is 41.3 Å². The van der Waals surface area contributed by atoms with Crippen LogP contribution in [-0.2, 0) is 25.7 Å². The maximum Gasteiger partial charge on any atom is -0.0273 e. The summed E-state index contributed by atoms with van der Waals surface area (Å²) in [6, 6.07) is 5.20. The van der Waals surface area contributed by atoms with E-state index in [2.05, 4.69) is 39.8 Å². The number of aryl methyl sites for hydroxylation is 2. The highest BCUT2D eigenvalue weighted by Gasteiger charge is 2.12. The number of benzene rings is 1. The van der Waals surface area contributed by atoms with Crippen molar-refractivity contribution in [2.75, 3.05) is 0 Å². The molecule has 0 unspecified atom stereocenters. The van der Waals surface area contributed by atoms with Gasteiger partial charge in [0.2, 0.25) is 0 Å². The zero-order chi connectivity index (χ0) is 46.6. The Labute approximate surface area is 413 Å². The molecule has 1 radical (unpaired) electrons. The molecule has 1 aromatic carbocycles. The van der Waals surface area contributed by atoms with E-state index in [4.69, 9.17) is 0 Å². The predicted molar refractivity (Wildman–Crippen MR) is 299 cm³/mol. The van der Waals surface area contributed by atoms with Gasteiger partial charge in [0.15, 0.2) is 0 Å². The van der Waals surface area contributed by atoms with Crippen LogP contribution in [0.25, 0.3) is 0 Å². The fourth-order valence-corrected chi connectivity index (χ4v) is 10.9. The van der Waals surface area contributed by atoms with E-state index in [0.29, 0.717) is 0 Å². The average Bonchev–Trinajstić information content (AvgIpc) is 3.32. The highest BCUT2D eigenvalue weighted by Crippen LogP contribution is 2.27. The van der Waals surface area contributed by atoms with Crippen LogP contribution in [0, 0.1) is 6.92 Å². The molecule has 0 atom stereocenters. The summed E-state index contributed by atoms with van der Waals surface area (Å²) in [5, 5.41) is 0. The summed E-state index contributed by atoms with van der Waals surface area (Å²) < 4.78 is 0. The highest BCUT2D eigenvalue weighted by atomic mass is 14.2. The first-order chi connectivity index (χ1) is 32.3. The number of hydrogen-bond acceptors (Lipinski definition) is 0. The molecule has 383 valence electrons. The van der Waals surface area contributed by atoms with Gasteiger partial charge in [0.1, 0.15) is 0 Å². The molecule has 0 nitrogen and oxygen atoms in total. The molecule has 1 aromatic rings. The van der Waals surface area contributed by atoms with Crippen molar-refractivity contribution in [1.29, 1.82) is 0 Å². The van der Waals surface area contributed by atoms with Gasteiger partial charge in [-0.3, -0.25) is 0 Å². The Morgan fingerprint density at radius 3 is 0.585 bits per heavy atom. The lowest BCUT2D eigenvalue weighted by Gasteiger charge is -2.18. The molecule has 0 aliphatic carbocycles. The smallest absolute Gasteiger partial charge is 0.0273 e. The normalized spacial score (nSPS) is 11.7. The monoisotopic (exact) mass is 904 g/mol. The van der Waals surface area contributed by atoms with Crippen molar-refractivity contribution in [2.45, 2.75) is 374 Å². The van der Waals surface area contributed by atoms with Crippen LogP contribution in [0.1, 0.15) is 370 Å². The maximum absolute atomic E-state index is 4.38. The van der Waals surface area contributed by atoms with Gasteiger partial charge < -0.3 is 0 Å². The Balaban J connectivity index is 2.40. The van der Waals surface area contributed by atoms with Crippen molar-refractivity contribution in [3.8, 4) is 0 Å². The summed E-state index contributed by atoms with van der Waals surface area (Å²) in [7, 11) is 0. The van der Waals surface area contributed by atoms with Crippen LogP contribution in [-0.4, -0.2) is 0 Å². The first-order valence-corrected chi connectivity index (χ1v) is 31.2. The third-order valence-electron chi connectivity index (χ3n) is 15.4. The minimum absolute atomic E-state index is 0.942. The van der Waals surface area contributed by atoms with Crippen LogP contribution in [0.3, 0.4) is 0 Å². The minimum Gasteiger partial charge on any atom is -0.0654 e. The standard InChI is InChI=1S/C65H123/c1-5-9-12-15-18-21-24-27-30-33-36-39-42-45-48-51-54-57-63-60-62(8-4)61-64(58-55-52-49-46-43-40-37-34-31-28-25-22-19-16-13-10-6-2)65(63)59-56-53-50-47-44-41-38-35-32-29-26-23-20-17-14-11-7-3/h60-61H,4-59H2,1-3H3. The fraction of sp³-hybridized carbons (Fsp3) is 0.892. The Kier molecular flexibility index (Phi) is 50.4. The molecule has 0 N–H and O–H groups in total. The van der Waals surface area contributed by atoms with Gasteiger partial charge in [0.25, 0.3) is 0 Å². The summed E-state index contributed by atoms with van der Waals surface area (Å²) in [4.78, 5) is 0. The number of hydrogen-bond donors (Lipinski definition) is 0. The van der Waals surface area contributed by atoms with Gasteiger partial charge in [-0.25, -0.2) is 0 Å². The van der Waals surface area contributed by atoms with Crippen LogP contribution in [0.5, 0.6) is 0 Å². The molecule has 0 aromatic heterocycles. The van der Waals surface area contributed by atoms with Gasteiger partial charge >= 0.3 is 0 Å². The van der Waals surface area contributed by atoms with Gasteiger partial charge in [-0.2, -0.15) is 0 Å². The molecular weight excluding hydrogens is 781 g/mol. The van der Waals surface area contributed by atoms with Crippen LogP contribution >= 0.6 is 0 Å². The van der Waals surface area contributed by atoms with Crippen LogP contribution in [0.15, 0.2) is 12.1 Å². The third kappa shape index (κ3) is 43.0. The van der Waals surface area contributed by atoms with E-state index in [0.717, 1.165) is 6.42 Å². The van der Waals surface area contributed by atoms with Crippen LogP contribution in [0.4, 0.5) is 0 Å². The second-order valence-corrected chi connectivity index (χ2v) is 21.9. The molecule has 0 saturated carbocycles. The van der Waals surface area contributed by atoms with Crippen LogP contribution < -0.4 is 0 Å². The molecule has 0 spiro atoms.